The van der Waals surface area contributed by atoms with Gasteiger partial charge in [-0.2, -0.15) is 0 Å². The van der Waals surface area contributed by atoms with Crippen LogP contribution in [0.1, 0.15) is 20.3 Å². The van der Waals surface area contributed by atoms with Crippen molar-refractivity contribution in [2.24, 2.45) is 11.7 Å². The van der Waals surface area contributed by atoms with Crippen molar-refractivity contribution in [1.82, 2.24) is 4.98 Å². The maximum absolute atomic E-state index is 6.37. The second-order valence-corrected chi connectivity index (χ2v) is 4.76. The number of nitrogens with two attached hydrogens (primary N) is 1. The minimum atomic E-state index is -0.0245. The topological polar surface area (TPSA) is 42.1 Å². The molecule has 0 saturated carbocycles. The zero-order chi connectivity index (χ0) is 10.9. The van der Waals surface area contributed by atoms with Gasteiger partial charge in [0.1, 0.15) is 0 Å². The number of nitrogens with zero attached hydrogens (tertiary/aromatic N) is 2. The van der Waals surface area contributed by atoms with E-state index in [-0.39, 0.29) is 5.54 Å². The summed E-state index contributed by atoms with van der Waals surface area (Å²) in [7, 11) is 0. The van der Waals surface area contributed by atoms with Gasteiger partial charge < -0.3 is 10.6 Å². The minimum absolute atomic E-state index is 0.0245. The molecule has 0 radical (unpaired) electrons. The van der Waals surface area contributed by atoms with Crippen LogP contribution in [-0.2, 0) is 0 Å². The number of pyridine rings is 1. The van der Waals surface area contributed by atoms with Crippen molar-refractivity contribution >= 4 is 5.69 Å². The number of rotatable bonds is 2. The highest BCUT2D eigenvalue weighted by Gasteiger charge is 2.36. The van der Waals surface area contributed by atoms with Crippen LogP contribution in [-0.4, -0.2) is 23.6 Å². The lowest BCUT2D eigenvalue weighted by molar-refractivity contribution is 0.342. The highest BCUT2D eigenvalue weighted by Crippen LogP contribution is 2.29. The molecule has 2 rings (SSSR count). The molecule has 1 fully saturated rings. The Kier molecular flexibility index (Phi) is 2.65. The fourth-order valence-electron chi connectivity index (χ4n) is 2.10. The van der Waals surface area contributed by atoms with E-state index < -0.39 is 0 Å². The smallest absolute Gasteiger partial charge is 0.0397 e. The molecule has 2 heterocycles. The minimum Gasteiger partial charge on any atom is -0.370 e. The Bertz CT molecular complexity index is 323. The summed E-state index contributed by atoms with van der Waals surface area (Å²) in [6, 6.07) is 4.10. The van der Waals surface area contributed by atoms with E-state index in [0.717, 1.165) is 19.5 Å². The van der Waals surface area contributed by atoms with Gasteiger partial charge >= 0.3 is 0 Å². The Morgan fingerprint density at radius 3 is 2.60 bits per heavy atom. The molecule has 3 heteroatoms. The molecule has 1 aliphatic rings. The van der Waals surface area contributed by atoms with Gasteiger partial charge in [-0.3, -0.25) is 4.98 Å². The summed E-state index contributed by atoms with van der Waals surface area (Å²) >= 11 is 0. The van der Waals surface area contributed by atoms with Gasteiger partial charge in [-0.25, -0.2) is 0 Å². The average Bonchev–Trinajstić information content (AvgIpc) is 2.64. The second kappa shape index (κ2) is 3.81. The highest BCUT2D eigenvalue weighted by atomic mass is 15.2. The van der Waals surface area contributed by atoms with Gasteiger partial charge in [0.2, 0.25) is 0 Å². The maximum Gasteiger partial charge on any atom is 0.0397 e. The number of aromatic nitrogens is 1. The van der Waals surface area contributed by atoms with Crippen molar-refractivity contribution in [2.75, 3.05) is 18.0 Å². The molecule has 1 aliphatic heterocycles. The Balaban J connectivity index is 2.11. The van der Waals surface area contributed by atoms with E-state index in [1.54, 1.807) is 0 Å². The molecule has 15 heavy (non-hydrogen) atoms. The third kappa shape index (κ3) is 1.97. The van der Waals surface area contributed by atoms with Crippen LogP contribution in [0, 0.1) is 5.92 Å². The predicted octanol–water partition coefficient (Wildman–Crippen LogP) is 1.65. The first-order chi connectivity index (χ1) is 7.12. The van der Waals surface area contributed by atoms with Crippen LogP contribution < -0.4 is 10.6 Å². The van der Waals surface area contributed by atoms with Crippen LogP contribution in [0.5, 0.6) is 0 Å². The van der Waals surface area contributed by atoms with Crippen molar-refractivity contribution in [3.05, 3.63) is 24.5 Å². The number of hydrogen-bond donors (Lipinski definition) is 1. The van der Waals surface area contributed by atoms with Crippen molar-refractivity contribution < 1.29 is 0 Å². The van der Waals surface area contributed by atoms with E-state index in [4.69, 9.17) is 5.73 Å². The number of anilines is 1. The molecule has 1 atom stereocenters. The van der Waals surface area contributed by atoms with Crippen molar-refractivity contribution in [3.8, 4) is 0 Å². The predicted molar refractivity (Wildman–Crippen MR) is 62.8 cm³/mol. The summed E-state index contributed by atoms with van der Waals surface area (Å²) in [6.07, 6.45) is 4.75. The average molecular weight is 205 g/mol. The molecule has 0 spiro atoms. The van der Waals surface area contributed by atoms with E-state index in [2.05, 4.69) is 23.7 Å². The third-order valence-electron chi connectivity index (χ3n) is 3.51. The molecule has 0 bridgehead atoms. The van der Waals surface area contributed by atoms with Gasteiger partial charge in [-0.1, -0.05) is 13.8 Å². The molecule has 0 aliphatic carbocycles. The third-order valence-corrected chi connectivity index (χ3v) is 3.51. The molecule has 2 N–H and O–H groups in total. The summed E-state index contributed by atoms with van der Waals surface area (Å²) in [5.74, 6) is 0.532. The van der Waals surface area contributed by atoms with Crippen molar-refractivity contribution in [1.29, 1.82) is 0 Å². The second-order valence-electron chi connectivity index (χ2n) is 4.76. The Morgan fingerprint density at radius 2 is 2.07 bits per heavy atom. The molecular formula is C12H19N3. The van der Waals surface area contributed by atoms with Crippen molar-refractivity contribution in [3.63, 3.8) is 0 Å². The monoisotopic (exact) mass is 205 g/mol. The summed E-state index contributed by atoms with van der Waals surface area (Å²) in [5, 5.41) is 0. The zero-order valence-electron chi connectivity index (χ0n) is 9.48. The van der Waals surface area contributed by atoms with Gasteiger partial charge in [0.05, 0.1) is 0 Å². The largest absolute Gasteiger partial charge is 0.370 e. The Labute approximate surface area is 91.3 Å². The molecule has 1 saturated heterocycles. The van der Waals surface area contributed by atoms with E-state index in [9.17, 15) is 0 Å². The zero-order valence-corrected chi connectivity index (χ0v) is 9.48. The summed E-state index contributed by atoms with van der Waals surface area (Å²) < 4.78 is 0. The summed E-state index contributed by atoms with van der Waals surface area (Å²) in [6.45, 7) is 6.42. The first kappa shape index (κ1) is 10.4. The highest BCUT2D eigenvalue weighted by molar-refractivity contribution is 5.46. The lowest BCUT2D eigenvalue weighted by atomic mass is 9.87. The lowest BCUT2D eigenvalue weighted by Crippen LogP contribution is -2.47. The van der Waals surface area contributed by atoms with Gasteiger partial charge in [-0.15, -0.1) is 0 Å². The van der Waals surface area contributed by atoms with E-state index in [0.29, 0.717) is 5.92 Å². The molecule has 0 unspecified atom stereocenters. The van der Waals surface area contributed by atoms with Crippen LogP contribution in [0.15, 0.2) is 24.5 Å². The normalized spacial score (nSPS) is 26.3. The first-order valence-electron chi connectivity index (χ1n) is 5.56. The Hall–Kier alpha value is -1.09. The lowest BCUT2D eigenvalue weighted by Gasteiger charge is -2.29. The fourth-order valence-corrected chi connectivity index (χ4v) is 2.10. The Morgan fingerprint density at radius 1 is 1.40 bits per heavy atom. The molecular weight excluding hydrogens is 186 g/mol. The molecule has 0 amide bonds. The summed E-state index contributed by atoms with van der Waals surface area (Å²) in [5.41, 5.74) is 7.58. The van der Waals surface area contributed by atoms with E-state index in [1.165, 1.54) is 5.69 Å². The van der Waals surface area contributed by atoms with Gasteiger partial charge in [-0.05, 0) is 24.5 Å². The van der Waals surface area contributed by atoms with Crippen LogP contribution in [0.25, 0.3) is 0 Å². The first-order valence-corrected chi connectivity index (χ1v) is 5.56. The SMILES string of the molecule is CC(C)[C@@]1(N)CCN(c2ccncc2)C1. The van der Waals surface area contributed by atoms with Crippen molar-refractivity contribution in [2.45, 2.75) is 25.8 Å². The quantitative estimate of drug-likeness (QED) is 0.798. The van der Waals surface area contributed by atoms with Gasteiger partial charge in [0.25, 0.3) is 0 Å². The van der Waals surface area contributed by atoms with Gasteiger partial charge in [0, 0.05) is 36.7 Å². The van der Waals surface area contributed by atoms with Crippen LogP contribution in [0.4, 0.5) is 5.69 Å². The fraction of sp³-hybridized carbons (Fsp3) is 0.583. The molecule has 3 nitrogen and oxygen atoms in total. The van der Waals surface area contributed by atoms with Crippen LogP contribution in [0.2, 0.25) is 0 Å². The van der Waals surface area contributed by atoms with Gasteiger partial charge in [0.15, 0.2) is 0 Å². The van der Waals surface area contributed by atoms with Crippen LogP contribution in [0.3, 0.4) is 0 Å². The molecule has 0 aromatic carbocycles. The van der Waals surface area contributed by atoms with E-state index in [1.807, 2.05) is 24.5 Å². The molecule has 1 aromatic rings. The maximum atomic E-state index is 6.37. The van der Waals surface area contributed by atoms with Crippen LogP contribution >= 0.6 is 0 Å². The molecule has 82 valence electrons. The molecule has 1 aromatic heterocycles. The van der Waals surface area contributed by atoms with E-state index >= 15 is 0 Å². The standard InChI is InChI=1S/C12H19N3/c1-10(2)12(13)5-8-15(9-12)11-3-6-14-7-4-11/h3-4,6-7,10H,5,8-9,13H2,1-2H3/t12-/m1/s1. The number of hydrogen-bond acceptors (Lipinski definition) is 3. The summed E-state index contributed by atoms with van der Waals surface area (Å²) in [4.78, 5) is 6.38.